The van der Waals surface area contributed by atoms with Crippen LogP contribution in [0, 0.1) is 6.92 Å². The molecule has 2 rings (SSSR count). The number of aliphatic imine (C=N–C) groups is 1. The fourth-order valence-electron chi connectivity index (χ4n) is 3.37. The first-order valence-corrected chi connectivity index (χ1v) is 9.50. The number of likely N-dealkylation sites (N-methyl/N-ethyl adjacent to an activating group) is 1. The minimum atomic E-state index is 0. The zero-order valence-electron chi connectivity index (χ0n) is 16.7. The number of hydrogen-bond donors (Lipinski definition) is 2. The zero-order chi connectivity index (χ0) is 18.1. The minimum Gasteiger partial charge on any atom is -0.496 e. The van der Waals surface area contributed by atoms with Crippen molar-refractivity contribution < 1.29 is 4.74 Å². The van der Waals surface area contributed by atoms with Crippen LogP contribution in [0.4, 0.5) is 0 Å². The van der Waals surface area contributed by atoms with Crippen molar-refractivity contribution in [3.05, 3.63) is 29.3 Å². The third-order valence-corrected chi connectivity index (χ3v) is 4.90. The smallest absolute Gasteiger partial charge is 0.191 e. The summed E-state index contributed by atoms with van der Waals surface area (Å²) in [5.74, 6) is 1.77. The molecule has 0 unspecified atom stereocenters. The summed E-state index contributed by atoms with van der Waals surface area (Å²) in [5, 5.41) is 6.78. The molecular formula is C20H35IN4O. The van der Waals surface area contributed by atoms with Crippen molar-refractivity contribution in [3.63, 3.8) is 0 Å². The van der Waals surface area contributed by atoms with E-state index >= 15 is 0 Å². The second-order valence-electron chi connectivity index (χ2n) is 6.86. The molecule has 1 aromatic rings. The first kappa shape index (κ1) is 23.0. The maximum absolute atomic E-state index is 5.47. The summed E-state index contributed by atoms with van der Waals surface area (Å²) in [5.41, 5.74) is 2.30. The van der Waals surface area contributed by atoms with Gasteiger partial charge in [-0.05, 0) is 45.4 Å². The molecule has 0 heterocycles. The SMILES string of the molecule is CCNC(=NCc1ccc(C)cc1OC)NCCN(C)C1CCCC1.I. The summed E-state index contributed by atoms with van der Waals surface area (Å²) >= 11 is 0. The van der Waals surface area contributed by atoms with Gasteiger partial charge >= 0.3 is 0 Å². The van der Waals surface area contributed by atoms with Gasteiger partial charge in [0.1, 0.15) is 5.75 Å². The second kappa shape index (κ2) is 12.4. The molecule has 1 fully saturated rings. The molecule has 0 spiro atoms. The molecular weight excluding hydrogens is 439 g/mol. The van der Waals surface area contributed by atoms with E-state index in [9.17, 15) is 0 Å². The number of halogens is 1. The van der Waals surface area contributed by atoms with Crippen molar-refractivity contribution in [3.8, 4) is 5.75 Å². The molecule has 5 nitrogen and oxygen atoms in total. The molecule has 148 valence electrons. The Kier molecular flexibility index (Phi) is 11.0. The number of benzene rings is 1. The molecule has 6 heteroatoms. The molecule has 0 aliphatic heterocycles. The lowest BCUT2D eigenvalue weighted by molar-refractivity contribution is 0.249. The Morgan fingerprint density at radius 3 is 2.65 bits per heavy atom. The standard InChI is InChI=1S/C20H34N4O.HI/c1-5-21-20(22-12-13-24(3)18-8-6-7-9-18)23-15-17-11-10-16(2)14-19(17)25-4;/h10-11,14,18H,5-9,12-13,15H2,1-4H3,(H2,21,22,23);1H. The van der Waals surface area contributed by atoms with Crippen LogP contribution in [0.2, 0.25) is 0 Å². The van der Waals surface area contributed by atoms with Gasteiger partial charge in [-0.25, -0.2) is 4.99 Å². The van der Waals surface area contributed by atoms with Crippen LogP contribution in [0.15, 0.2) is 23.2 Å². The summed E-state index contributed by atoms with van der Waals surface area (Å²) < 4.78 is 5.47. The van der Waals surface area contributed by atoms with Gasteiger partial charge in [0.2, 0.25) is 0 Å². The summed E-state index contributed by atoms with van der Waals surface area (Å²) in [7, 11) is 3.95. The molecule has 1 aliphatic carbocycles. The molecule has 0 radical (unpaired) electrons. The molecule has 0 atom stereocenters. The van der Waals surface area contributed by atoms with E-state index in [0.29, 0.717) is 6.54 Å². The topological polar surface area (TPSA) is 48.9 Å². The van der Waals surface area contributed by atoms with E-state index in [1.807, 2.05) is 0 Å². The second-order valence-corrected chi connectivity index (χ2v) is 6.86. The largest absolute Gasteiger partial charge is 0.496 e. The lowest BCUT2D eigenvalue weighted by atomic mass is 10.1. The van der Waals surface area contributed by atoms with Gasteiger partial charge in [-0.1, -0.05) is 25.0 Å². The van der Waals surface area contributed by atoms with E-state index in [1.165, 1.54) is 31.2 Å². The lowest BCUT2D eigenvalue weighted by Gasteiger charge is -2.24. The molecule has 1 saturated carbocycles. The minimum absolute atomic E-state index is 0. The quantitative estimate of drug-likeness (QED) is 0.344. The zero-order valence-corrected chi connectivity index (χ0v) is 19.0. The monoisotopic (exact) mass is 474 g/mol. The molecule has 0 aromatic heterocycles. The van der Waals surface area contributed by atoms with Crippen molar-refractivity contribution in [1.29, 1.82) is 0 Å². The summed E-state index contributed by atoms with van der Waals surface area (Å²) in [6.07, 6.45) is 5.45. The maximum Gasteiger partial charge on any atom is 0.191 e. The van der Waals surface area contributed by atoms with E-state index < -0.39 is 0 Å². The van der Waals surface area contributed by atoms with Crippen LogP contribution in [-0.4, -0.2) is 50.7 Å². The highest BCUT2D eigenvalue weighted by Crippen LogP contribution is 2.22. The van der Waals surface area contributed by atoms with Gasteiger partial charge in [0.15, 0.2) is 5.96 Å². The van der Waals surface area contributed by atoms with Crippen molar-refractivity contribution in [1.82, 2.24) is 15.5 Å². The predicted octanol–water partition coefficient (Wildman–Crippen LogP) is 3.55. The van der Waals surface area contributed by atoms with E-state index in [-0.39, 0.29) is 24.0 Å². The van der Waals surface area contributed by atoms with Crippen molar-refractivity contribution in [2.45, 2.75) is 52.1 Å². The summed E-state index contributed by atoms with van der Waals surface area (Å²) in [4.78, 5) is 7.19. The van der Waals surface area contributed by atoms with Gasteiger partial charge in [0.05, 0.1) is 13.7 Å². The lowest BCUT2D eigenvalue weighted by Crippen LogP contribution is -2.42. The Morgan fingerprint density at radius 1 is 1.27 bits per heavy atom. The Hall–Kier alpha value is -1.02. The third-order valence-electron chi connectivity index (χ3n) is 4.90. The number of methoxy groups -OCH3 is 1. The van der Waals surface area contributed by atoms with Gasteiger partial charge in [-0.15, -0.1) is 24.0 Å². The van der Waals surface area contributed by atoms with Crippen LogP contribution in [0.3, 0.4) is 0 Å². The van der Waals surface area contributed by atoms with Gasteiger partial charge in [0, 0.05) is 31.2 Å². The average molecular weight is 474 g/mol. The molecule has 2 N–H and O–H groups in total. The van der Waals surface area contributed by atoms with Gasteiger partial charge in [0.25, 0.3) is 0 Å². The van der Waals surface area contributed by atoms with Crippen LogP contribution in [0.5, 0.6) is 5.75 Å². The molecule has 0 bridgehead atoms. The van der Waals surface area contributed by atoms with Crippen molar-refractivity contribution >= 4 is 29.9 Å². The highest BCUT2D eigenvalue weighted by Gasteiger charge is 2.18. The van der Waals surface area contributed by atoms with Gasteiger partial charge < -0.3 is 20.3 Å². The molecule has 1 aliphatic rings. The average Bonchev–Trinajstić information content (AvgIpc) is 3.15. The van der Waals surface area contributed by atoms with Crippen LogP contribution >= 0.6 is 24.0 Å². The highest BCUT2D eigenvalue weighted by atomic mass is 127. The van der Waals surface area contributed by atoms with E-state index in [2.05, 4.69) is 54.6 Å². The Balaban J connectivity index is 0.00000338. The van der Waals surface area contributed by atoms with E-state index in [4.69, 9.17) is 9.73 Å². The number of aryl methyl sites for hydroxylation is 1. The molecule has 0 amide bonds. The van der Waals surface area contributed by atoms with Gasteiger partial charge in [-0.2, -0.15) is 0 Å². The van der Waals surface area contributed by atoms with E-state index in [0.717, 1.165) is 42.9 Å². The fraction of sp³-hybridized carbons (Fsp3) is 0.650. The molecule has 26 heavy (non-hydrogen) atoms. The fourth-order valence-corrected chi connectivity index (χ4v) is 3.37. The number of nitrogens with one attached hydrogen (secondary N) is 2. The predicted molar refractivity (Wildman–Crippen MR) is 121 cm³/mol. The number of guanidine groups is 1. The normalized spacial score (nSPS) is 15.0. The maximum atomic E-state index is 5.47. The van der Waals surface area contributed by atoms with Crippen LogP contribution in [0.25, 0.3) is 0 Å². The summed E-state index contributed by atoms with van der Waals surface area (Å²) in [6.45, 7) is 7.58. The Labute approximate surface area is 176 Å². The number of rotatable bonds is 8. The van der Waals surface area contributed by atoms with Crippen molar-refractivity contribution in [2.24, 2.45) is 4.99 Å². The van der Waals surface area contributed by atoms with Crippen LogP contribution in [0.1, 0.15) is 43.7 Å². The van der Waals surface area contributed by atoms with Crippen molar-refractivity contribution in [2.75, 3.05) is 33.8 Å². The first-order chi connectivity index (χ1) is 12.1. The Morgan fingerprint density at radius 2 is 2.00 bits per heavy atom. The van der Waals surface area contributed by atoms with Gasteiger partial charge in [-0.3, -0.25) is 0 Å². The number of ether oxygens (including phenoxy) is 1. The Bertz CT molecular complexity index is 559. The number of nitrogens with zero attached hydrogens (tertiary/aromatic N) is 2. The van der Waals surface area contributed by atoms with E-state index in [1.54, 1.807) is 7.11 Å². The first-order valence-electron chi connectivity index (χ1n) is 9.50. The molecule has 1 aromatic carbocycles. The summed E-state index contributed by atoms with van der Waals surface area (Å²) in [6, 6.07) is 7.01. The van der Waals surface area contributed by atoms with Crippen LogP contribution in [-0.2, 0) is 6.54 Å². The highest BCUT2D eigenvalue weighted by molar-refractivity contribution is 14.0. The number of hydrogen-bond acceptors (Lipinski definition) is 3. The molecule has 0 saturated heterocycles. The third kappa shape index (κ3) is 7.31. The van der Waals surface area contributed by atoms with Crippen LogP contribution < -0.4 is 15.4 Å².